The van der Waals surface area contributed by atoms with Gasteiger partial charge in [0.05, 0.1) is 17.4 Å². The van der Waals surface area contributed by atoms with Crippen molar-refractivity contribution in [2.24, 2.45) is 7.05 Å². The molecule has 2 aromatic heterocycles. The van der Waals surface area contributed by atoms with Gasteiger partial charge in [0.15, 0.2) is 0 Å². The molecule has 36 heavy (non-hydrogen) atoms. The largest absolute Gasteiger partial charge is 0.371 e. The lowest BCUT2D eigenvalue weighted by atomic mass is 9.96. The van der Waals surface area contributed by atoms with Gasteiger partial charge in [-0.2, -0.15) is 5.10 Å². The van der Waals surface area contributed by atoms with Gasteiger partial charge in [-0.1, -0.05) is 36.4 Å². The van der Waals surface area contributed by atoms with Crippen LogP contribution >= 0.6 is 0 Å². The third-order valence-corrected chi connectivity index (χ3v) is 6.74. The normalized spacial score (nSPS) is 14.9. The van der Waals surface area contributed by atoms with Crippen molar-refractivity contribution in [2.75, 3.05) is 23.3 Å². The van der Waals surface area contributed by atoms with Crippen molar-refractivity contribution in [3.63, 3.8) is 0 Å². The minimum Gasteiger partial charge on any atom is -0.371 e. The van der Waals surface area contributed by atoms with Crippen LogP contribution in [0.4, 0.5) is 16.3 Å². The Morgan fingerprint density at radius 1 is 1.06 bits per heavy atom. The fraction of sp³-hybridized carbons (Fsp3) is 0.250. The molecule has 2 N–H and O–H groups in total. The van der Waals surface area contributed by atoms with Gasteiger partial charge in [-0.15, -0.1) is 0 Å². The van der Waals surface area contributed by atoms with Crippen LogP contribution in [0.1, 0.15) is 30.5 Å². The number of urea groups is 1. The lowest BCUT2D eigenvalue weighted by molar-refractivity contribution is 0.247. The van der Waals surface area contributed by atoms with E-state index < -0.39 is 0 Å². The molecule has 0 fully saturated rings. The zero-order chi connectivity index (χ0) is 25.2. The number of hydrogen-bond acceptors (Lipinski definition) is 4. The third kappa shape index (κ3) is 4.37. The summed E-state index contributed by atoms with van der Waals surface area (Å²) in [6.07, 6.45) is 2.59. The van der Waals surface area contributed by atoms with Crippen LogP contribution in [-0.4, -0.2) is 33.5 Å². The topological polar surface area (TPSA) is 84.2 Å². The molecule has 2 aromatic carbocycles. The van der Waals surface area contributed by atoms with Crippen LogP contribution in [0.2, 0.25) is 0 Å². The maximum absolute atomic E-state index is 13.3. The number of amides is 2. The predicted octanol–water partition coefficient (Wildman–Crippen LogP) is 4.64. The smallest absolute Gasteiger partial charge is 0.320 e. The van der Waals surface area contributed by atoms with E-state index in [-0.39, 0.29) is 17.6 Å². The number of carbonyl (C=O) groups is 1. The van der Waals surface area contributed by atoms with Crippen molar-refractivity contribution < 1.29 is 4.79 Å². The molecule has 8 nitrogen and oxygen atoms in total. The Morgan fingerprint density at radius 2 is 1.81 bits per heavy atom. The molecule has 0 saturated carbocycles. The maximum Gasteiger partial charge on any atom is 0.320 e. The molecule has 0 bridgehead atoms. The molecule has 5 rings (SSSR count). The van der Waals surface area contributed by atoms with E-state index >= 15 is 0 Å². The van der Waals surface area contributed by atoms with Gasteiger partial charge in [-0.25, -0.2) is 9.48 Å². The molecule has 0 spiro atoms. The predicted molar refractivity (Wildman–Crippen MR) is 143 cm³/mol. The number of aromatic nitrogens is 3. The Balaban J connectivity index is 1.47. The number of rotatable bonds is 5. The van der Waals surface area contributed by atoms with Gasteiger partial charge in [0.25, 0.3) is 0 Å². The highest BCUT2D eigenvalue weighted by molar-refractivity contribution is 5.91. The molecular weight excluding hydrogens is 452 g/mol. The number of hydrogen-bond donors (Lipinski definition) is 2. The van der Waals surface area contributed by atoms with Crippen LogP contribution < -0.4 is 21.1 Å². The Hall–Kier alpha value is -4.33. The first kappa shape index (κ1) is 23.4. The van der Waals surface area contributed by atoms with Gasteiger partial charge in [0, 0.05) is 49.2 Å². The van der Waals surface area contributed by atoms with Crippen LogP contribution in [0.15, 0.2) is 77.7 Å². The number of carbonyl (C=O) groups excluding carboxylic acids is 1. The van der Waals surface area contributed by atoms with Crippen molar-refractivity contribution in [3.05, 3.63) is 94.4 Å². The van der Waals surface area contributed by atoms with Crippen LogP contribution in [-0.2, 0) is 7.05 Å². The van der Waals surface area contributed by atoms with E-state index in [0.29, 0.717) is 11.5 Å². The van der Waals surface area contributed by atoms with Gasteiger partial charge in [0.1, 0.15) is 5.82 Å². The minimum atomic E-state index is -0.285. The lowest BCUT2D eigenvalue weighted by Crippen LogP contribution is -2.39. The molecule has 1 unspecified atom stereocenters. The van der Waals surface area contributed by atoms with E-state index in [1.807, 2.05) is 49.4 Å². The van der Waals surface area contributed by atoms with Gasteiger partial charge >= 0.3 is 6.03 Å². The molecule has 0 radical (unpaired) electrons. The first-order valence-electron chi connectivity index (χ1n) is 12.2. The quantitative estimate of drug-likeness (QED) is 0.434. The summed E-state index contributed by atoms with van der Waals surface area (Å²) in [6.45, 7) is 5.89. The van der Waals surface area contributed by atoms with E-state index in [1.54, 1.807) is 24.0 Å². The molecule has 4 aromatic rings. The van der Waals surface area contributed by atoms with Crippen LogP contribution in [0.5, 0.6) is 0 Å². The zero-order valence-corrected chi connectivity index (χ0v) is 20.7. The Bertz CT molecular complexity index is 1460. The number of aryl methyl sites for hydroxylation is 1. The number of nitrogens with one attached hydrogen (secondary N) is 2. The highest BCUT2D eigenvalue weighted by Gasteiger charge is 2.26. The summed E-state index contributed by atoms with van der Waals surface area (Å²) >= 11 is 0. The molecule has 1 atom stereocenters. The van der Waals surface area contributed by atoms with Gasteiger partial charge in [-0.05, 0) is 50.1 Å². The monoisotopic (exact) mass is 482 g/mol. The van der Waals surface area contributed by atoms with Gasteiger partial charge in [0.2, 0.25) is 5.56 Å². The summed E-state index contributed by atoms with van der Waals surface area (Å²) in [5.74, 6) is 0.585. The minimum absolute atomic E-state index is 0.0829. The Morgan fingerprint density at radius 3 is 2.56 bits per heavy atom. The highest BCUT2D eigenvalue weighted by Crippen LogP contribution is 2.34. The fourth-order valence-electron chi connectivity index (χ4n) is 4.82. The molecule has 2 amide bonds. The first-order valence-corrected chi connectivity index (χ1v) is 12.2. The summed E-state index contributed by atoms with van der Waals surface area (Å²) in [6, 6.07) is 20.8. The summed E-state index contributed by atoms with van der Waals surface area (Å²) in [7, 11) is 1.71. The molecule has 0 saturated heterocycles. The Kier molecular flexibility index (Phi) is 6.33. The van der Waals surface area contributed by atoms with Crippen molar-refractivity contribution in [1.82, 2.24) is 19.7 Å². The summed E-state index contributed by atoms with van der Waals surface area (Å²) < 4.78 is 3.26. The molecular formula is C28H30N6O2. The van der Waals surface area contributed by atoms with E-state index in [4.69, 9.17) is 5.10 Å². The SMILES string of the molecule is CCN1CCC(NC(=O)Nc2c(C)c(-c3ccc(=O)n(C)c3)nn2-c2ccccc2)c2ccccc21. The van der Waals surface area contributed by atoms with Crippen LogP contribution in [0.25, 0.3) is 16.9 Å². The number of benzene rings is 2. The molecule has 1 aliphatic heterocycles. The van der Waals surface area contributed by atoms with Crippen molar-refractivity contribution in [3.8, 4) is 16.9 Å². The summed E-state index contributed by atoms with van der Waals surface area (Å²) in [5, 5.41) is 11.1. The van der Waals surface area contributed by atoms with Crippen molar-refractivity contribution >= 4 is 17.5 Å². The number of pyridine rings is 1. The van der Waals surface area contributed by atoms with Gasteiger partial charge in [-0.3, -0.25) is 10.1 Å². The Labute approximate surface area is 210 Å². The molecule has 0 aliphatic carbocycles. The molecule has 8 heteroatoms. The molecule has 184 valence electrons. The number of anilines is 2. The first-order chi connectivity index (χ1) is 17.5. The van der Waals surface area contributed by atoms with E-state index in [1.165, 1.54) is 16.3 Å². The second kappa shape index (κ2) is 9.73. The number of para-hydroxylation sites is 2. The van der Waals surface area contributed by atoms with Crippen LogP contribution in [0, 0.1) is 6.92 Å². The van der Waals surface area contributed by atoms with Gasteiger partial charge < -0.3 is 14.8 Å². The maximum atomic E-state index is 13.3. The highest BCUT2D eigenvalue weighted by atomic mass is 16.2. The molecule has 1 aliphatic rings. The second-order valence-corrected chi connectivity index (χ2v) is 9.01. The van der Waals surface area contributed by atoms with E-state index in [0.717, 1.165) is 41.9 Å². The average molecular weight is 483 g/mol. The third-order valence-electron chi connectivity index (χ3n) is 6.74. The standard InChI is InChI=1S/C28H30N6O2/c1-4-33-17-16-23(22-12-8-9-13-24(22)33)29-28(36)30-27-19(2)26(20-14-15-25(35)32(3)18-20)31-34(27)21-10-6-5-7-11-21/h5-15,18,23H,4,16-17H2,1-3H3,(H2,29,30,36). The lowest BCUT2D eigenvalue weighted by Gasteiger charge is -2.35. The zero-order valence-electron chi connectivity index (χ0n) is 20.7. The number of fused-ring (bicyclic) bond motifs is 1. The van der Waals surface area contributed by atoms with Crippen LogP contribution in [0.3, 0.4) is 0 Å². The summed E-state index contributed by atoms with van der Waals surface area (Å²) in [4.78, 5) is 27.5. The second-order valence-electron chi connectivity index (χ2n) is 9.01. The van der Waals surface area contributed by atoms with E-state index in [2.05, 4.69) is 34.6 Å². The fourth-order valence-corrected chi connectivity index (χ4v) is 4.82. The van der Waals surface area contributed by atoms with Crippen molar-refractivity contribution in [2.45, 2.75) is 26.3 Å². The molecule has 3 heterocycles. The summed E-state index contributed by atoms with van der Waals surface area (Å²) in [5.41, 5.74) is 5.34. The number of nitrogens with zero attached hydrogens (tertiary/aromatic N) is 4. The average Bonchev–Trinajstić information content (AvgIpc) is 3.22. The van der Waals surface area contributed by atoms with Crippen molar-refractivity contribution in [1.29, 1.82) is 0 Å². The van der Waals surface area contributed by atoms with E-state index in [9.17, 15) is 9.59 Å².